The fourth-order valence-electron chi connectivity index (χ4n) is 1.72. The van der Waals surface area contributed by atoms with Gasteiger partial charge in [0, 0.05) is 12.0 Å². The number of aromatic nitrogens is 3. The van der Waals surface area contributed by atoms with Gasteiger partial charge in [-0.1, -0.05) is 29.8 Å². The molecule has 0 radical (unpaired) electrons. The summed E-state index contributed by atoms with van der Waals surface area (Å²) < 4.78 is 1.65. The summed E-state index contributed by atoms with van der Waals surface area (Å²) >= 11 is 1.39. The summed E-state index contributed by atoms with van der Waals surface area (Å²) in [5, 5.41) is 13.7. The molecule has 0 saturated carbocycles. The van der Waals surface area contributed by atoms with E-state index in [0.29, 0.717) is 5.16 Å². The Balaban J connectivity index is 2.43. The van der Waals surface area contributed by atoms with Crippen LogP contribution in [0.15, 0.2) is 53.5 Å². The molecule has 1 aromatic carbocycles. The molecule has 1 heterocycles. The zero-order chi connectivity index (χ0) is 16.8. The Morgan fingerprint density at radius 1 is 1.35 bits per heavy atom. The number of allylic oxidation sites excluding steroid dienone is 2. The van der Waals surface area contributed by atoms with Crippen molar-refractivity contribution in [1.29, 1.82) is 5.26 Å². The summed E-state index contributed by atoms with van der Waals surface area (Å²) in [5.74, 6) is -0.754. The average molecular weight is 325 g/mol. The van der Waals surface area contributed by atoms with Gasteiger partial charge in [-0.15, -0.1) is 0 Å². The van der Waals surface area contributed by atoms with Crippen molar-refractivity contribution in [2.75, 3.05) is 0 Å². The van der Waals surface area contributed by atoms with Gasteiger partial charge in [0.25, 0.3) is 5.91 Å². The molecule has 0 bridgehead atoms. The van der Waals surface area contributed by atoms with Gasteiger partial charge in [0.15, 0.2) is 5.16 Å². The summed E-state index contributed by atoms with van der Waals surface area (Å²) in [4.78, 5) is 16.2. The van der Waals surface area contributed by atoms with Gasteiger partial charge in [-0.2, -0.15) is 10.4 Å². The van der Waals surface area contributed by atoms with Gasteiger partial charge in [-0.25, -0.2) is 9.67 Å². The Labute approximate surface area is 138 Å². The number of thioether (sulfide) groups is 1. The molecular weight excluding hydrogens is 310 g/mol. The molecule has 1 aromatic heterocycles. The number of nitrogens with zero attached hydrogens (tertiary/aromatic N) is 4. The molecule has 0 spiro atoms. The number of carbonyl (C=O) groups is 1. The van der Waals surface area contributed by atoms with Crippen LogP contribution in [0.4, 0.5) is 0 Å². The lowest BCUT2D eigenvalue weighted by Gasteiger charge is -2.07. The van der Waals surface area contributed by atoms with Crippen LogP contribution >= 0.6 is 11.8 Å². The number of hydrogen-bond acceptors (Lipinski definition) is 5. The Bertz CT molecular complexity index is 812. The zero-order valence-corrected chi connectivity index (χ0v) is 13.5. The first-order chi connectivity index (χ1) is 11.0. The van der Waals surface area contributed by atoms with E-state index in [0.717, 1.165) is 16.0 Å². The van der Waals surface area contributed by atoms with Crippen molar-refractivity contribution in [3.63, 3.8) is 0 Å². The molecule has 0 aliphatic carbocycles. The van der Waals surface area contributed by atoms with Gasteiger partial charge in [0.1, 0.15) is 18.0 Å². The number of benzene rings is 1. The molecule has 2 aromatic rings. The Hall–Kier alpha value is -2.85. The number of rotatable bonds is 5. The molecule has 2 rings (SSSR count). The topological polar surface area (TPSA) is 97.6 Å². The molecule has 2 N–H and O–H groups in total. The first-order valence-corrected chi connectivity index (χ1v) is 7.53. The zero-order valence-electron chi connectivity index (χ0n) is 12.7. The van der Waals surface area contributed by atoms with Gasteiger partial charge in [-0.05, 0) is 36.4 Å². The summed E-state index contributed by atoms with van der Waals surface area (Å²) in [6.07, 6.45) is 4.57. The van der Waals surface area contributed by atoms with Crippen LogP contribution in [0.3, 0.4) is 0 Å². The third-order valence-electron chi connectivity index (χ3n) is 2.99. The van der Waals surface area contributed by atoms with E-state index in [1.54, 1.807) is 23.9 Å². The lowest BCUT2D eigenvalue weighted by atomic mass is 10.1. The number of carbonyl (C=O) groups excluding carboxylic acids is 1. The van der Waals surface area contributed by atoms with E-state index in [1.807, 2.05) is 31.2 Å². The first kappa shape index (κ1) is 16.5. The third kappa shape index (κ3) is 4.31. The SMILES string of the molecule is Cc1ccc(/C(=C/C=C(/C#N)C(N)=O)Sc2ncnn2C)cc1. The Kier molecular flexibility index (Phi) is 5.33. The van der Waals surface area contributed by atoms with Crippen molar-refractivity contribution < 1.29 is 4.79 Å². The number of amides is 1. The molecule has 6 nitrogen and oxygen atoms in total. The number of nitrogens with two attached hydrogens (primary N) is 1. The number of nitriles is 1. The standard InChI is InChI=1S/C16H15N5OS/c1-11-3-5-12(6-4-11)14(8-7-13(9-17)15(18)22)23-16-19-10-20-21(16)2/h3-8,10H,1-2H3,(H2,18,22)/b13-7-,14-8-. The molecule has 7 heteroatoms. The van der Waals surface area contributed by atoms with Crippen LogP contribution in [0.2, 0.25) is 0 Å². The van der Waals surface area contributed by atoms with Crippen LogP contribution in [0.1, 0.15) is 11.1 Å². The maximum Gasteiger partial charge on any atom is 0.259 e. The van der Waals surface area contributed by atoms with Crippen LogP contribution in [0.25, 0.3) is 4.91 Å². The van der Waals surface area contributed by atoms with Gasteiger partial charge < -0.3 is 5.73 Å². The van der Waals surface area contributed by atoms with E-state index in [-0.39, 0.29) is 5.57 Å². The molecule has 0 aliphatic heterocycles. The highest BCUT2D eigenvalue weighted by molar-refractivity contribution is 8.08. The predicted octanol–water partition coefficient (Wildman–Crippen LogP) is 2.19. The van der Waals surface area contributed by atoms with E-state index < -0.39 is 5.91 Å². The van der Waals surface area contributed by atoms with Crippen LogP contribution in [0.5, 0.6) is 0 Å². The molecule has 116 valence electrons. The molecule has 0 unspecified atom stereocenters. The second-order valence-electron chi connectivity index (χ2n) is 4.72. The molecule has 0 fully saturated rings. The van der Waals surface area contributed by atoms with Gasteiger partial charge in [0.05, 0.1) is 0 Å². The number of hydrogen-bond donors (Lipinski definition) is 1. The smallest absolute Gasteiger partial charge is 0.259 e. The van der Waals surface area contributed by atoms with Crippen molar-refractivity contribution in [1.82, 2.24) is 14.8 Å². The summed E-state index contributed by atoms with van der Waals surface area (Å²) in [6.45, 7) is 2.00. The first-order valence-electron chi connectivity index (χ1n) is 6.72. The summed E-state index contributed by atoms with van der Waals surface area (Å²) in [5.41, 5.74) is 7.14. The third-order valence-corrected chi connectivity index (χ3v) is 4.14. The maximum atomic E-state index is 11.2. The summed E-state index contributed by atoms with van der Waals surface area (Å²) in [6, 6.07) is 9.70. The van der Waals surface area contributed by atoms with Crippen LogP contribution in [-0.2, 0) is 11.8 Å². The van der Waals surface area contributed by atoms with Gasteiger partial charge in [-0.3, -0.25) is 4.79 Å². The van der Waals surface area contributed by atoms with Crippen molar-refractivity contribution in [2.45, 2.75) is 12.1 Å². The monoisotopic (exact) mass is 325 g/mol. The fourth-order valence-corrected chi connectivity index (χ4v) is 2.58. The molecule has 0 saturated heterocycles. The largest absolute Gasteiger partial charge is 0.365 e. The minimum atomic E-state index is -0.754. The fraction of sp³-hybridized carbons (Fsp3) is 0.125. The maximum absolute atomic E-state index is 11.2. The predicted molar refractivity (Wildman–Crippen MR) is 88.9 cm³/mol. The van der Waals surface area contributed by atoms with E-state index >= 15 is 0 Å². The van der Waals surface area contributed by atoms with Gasteiger partial charge in [0.2, 0.25) is 0 Å². The normalized spacial score (nSPS) is 12.0. The molecule has 1 amide bonds. The highest BCUT2D eigenvalue weighted by Gasteiger charge is 2.09. The van der Waals surface area contributed by atoms with Crippen molar-refractivity contribution in [3.05, 3.63) is 59.4 Å². The van der Waals surface area contributed by atoms with Crippen molar-refractivity contribution >= 4 is 22.6 Å². The minimum Gasteiger partial charge on any atom is -0.365 e. The Morgan fingerprint density at radius 2 is 2.04 bits per heavy atom. The molecule has 0 atom stereocenters. The minimum absolute atomic E-state index is 0.104. The number of aryl methyl sites for hydroxylation is 2. The van der Waals surface area contributed by atoms with E-state index in [4.69, 9.17) is 11.0 Å². The van der Waals surface area contributed by atoms with Crippen LogP contribution < -0.4 is 5.73 Å². The van der Waals surface area contributed by atoms with E-state index in [1.165, 1.54) is 24.2 Å². The van der Waals surface area contributed by atoms with E-state index in [9.17, 15) is 4.79 Å². The Morgan fingerprint density at radius 3 is 2.57 bits per heavy atom. The molecular formula is C16H15N5OS. The van der Waals surface area contributed by atoms with E-state index in [2.05, 4.69) is 10.1 Å². The van der Waals surface area contributed by atoms with Crippen molar-refractivity contribution in [3.8, 4) is 6.07 Å². The lowest BCUT2D eigenvalue weighted by molar-refractivity contribution is -0.114. The van der Waals surface area contributed by atoms with Gasteiger partial charge >= 0.3 is 0 Å². The molecule has 23 heavy (non-hydrogen) atoms. The van der Waals surface area contributed by atoms with Crippen molar-refractivity contribution in [2.24, 2.45) is 12.8 Å². The second-order valence-corrected chi connectivity index (χ2v) is 5.73. The quantitative estimate of drug-likeness (QED) is 0.393. The second kappa shape index (κ2) is 7.42. The number of primary amides is 1. The molecule has 0 aliphatic rings. The summed E-state index contributed by atoms with van der Waals surface area (Å²) in [7, 11) is 1.79. The average Bonchev–Trinajstić information content (AvgIpc) is 2.92. The van der Waals surface area contributed by atoms with Crippen LogP contribution in [0, 0.1) is 18.3 Å². The lowest BCUT2D eigenvalue weighted by Crippen LogP contribution is -2.12. The highest BCUT2D eigenvalue weighted by Crippen LogP contribution is 2.33. The van der Waals surface area contributed by atoms with Crippen LogP contribution in [-0.4, -0.2) is 20.7 Å². The highest BCUT2D eigenvalue weighted by atomic mass is 32.2.